The first-order chi connectivity index (χ1) is 17.7. The van der Waals surface area contributed by atoms with E-state index in [1.165, 1.54) is 17.9 Å². The van der Waals surface area contributed by atoms with Crippen LogP contribution in [0.15, 0.2) is 82.2 Å². The van der Waals surface area contributed by atoms with Gasteiger partial charge >= 0.3 is 5.97 Å². The summed E-state index contributed by atoms with van der Waals surface area (Å²) in [5.74, 6) is 1.42. The van der Waals surface area contributed by atoms with Crippen LogP contribution in [0.4, 0.5) is 0 Å². The van der Waals surface area contributed by atoms with Crippen molar-refractivity contribution in [2.24, 2.45) is 0 Å². The Morgan fingerprint density at radius 3 is 2.38 bits per heavy atom. The molecule has 0 aliphatic rings. The highest BCUT2D eigenvalue weighted by molar-refractivity contribution is 5.80. The topological polar surface area (TPSA) is 75.0 Å². The van der Waals surface area contributed by atoms with E-state index in [-0.39, 0.29) is 29.0 Å². The summed E-state index contributed by atoms with van der Waals surface area (Å²) in [7, 11) is 0. The summed E-state index contributed by atoms with van der Waals surface area (Å²) < 4.78 is 22.7. The highest BCUT2D eigenvalue weighted by Gasteiger charge is 2.14. The normalized spacial score (nSPS) is 11.4. The summed E-state index contributed by atoms with van der Waals surface area (Å²) in [6.45, 7) is 8.92. The minimum Gasteiger partial charge on any atom is -0.494 e. The molecule has 3 aromatic carbocycles. The highest BCUT2D eigenvalue weighted by Crippen LogP contribution is 2.27. The molecule has 0 atom stereocenters. The van der Waals surface area contributed by atoms with Gasteiger partial charge in [0.2, 0.25) is 11.2 Å². The second-order valence-corrected chi connectivity index (χ2v) is 9.85. The SMILES string of the molecule is CCc1ccccc1Oc1coc2cc(OC(=O)CCCOc3ccc(C(C)(C)C)cc3)ccc2c1=O. The van der Waals surface area contributed by atoms with Crippen molar-refractivity contribution in [2.45, 2.75) is 52.4 Å². The van der Waals surface area contributed by atoms with Crippen molar-refractivity contribution in [1.82, 2.24) is 0 Å². The molecule has 1 aromatic heterocycles. The van der Waals surface area contributed by atoms with Crippen LogP contribution in [0, 0.1) is 0 Å². The summed E-state index contributed by atoms with van der Waals surface area (Å²) in [6, 6.07) is 20.2. The van der Waals surface area contributed by atoms with E-state index in [2.05, 4.69) is 32.9 Å². The zero-order chi connectivity index (χ0) is 26.4. The molecule has 0 spiro atoms. The molecule has 0 N–H and O–H groups in total. The maximum absolute atomic E-state index is 12.9. The Labute approximate surface area is 216 Å². The molecule has 0 aliphatic carbocycles. The van der Waals surface area contributed by atoms with Gasteiger partial charge in [-0.25, -0.2) is 0 Å². The molecule has 4 rings (SSSR count). The van der Waals surface area contributed by atoms with E-state index in [1.54, 1.807) is 12.1 Å². The molecule has 4 aromatic rings. The molecule has 0 radical (unpaired) electrons. The molecule has 192 valence electrons. The molecule has 6 heteroatoms. The van der Waals surface area contributed by atoms with Crippen molar-refractivity contribution in [3.63, 3.8) is 0 Å². The Balaban J connectivity index is 1.32. The van der Waals surface area contributed by atoms with Crippen LogP contribution in [0.1, 0.15) is 51.7 Å². The average Bonchev–Trinajstić information content (AvgIpc) is 2.88. The second kappa shape index (κ2) is 11.3. The van der Waals surface area contributed by atoms with Gasteiger partial charge in [-0.3, -0.25) is 9.59 Å². The van der Waals surface area contributed by atoms with Crippen LogP contribution in [-0.2, 0) is 16.6 Å². The third-order valence-electron chi connectivity index (χ3n) is 6.03. The highest BCUT2D eigenvalue weighted by atomic mass is 16.5. The minimum absolute atomic E-state index is 0.0878. The fourth-order valence-corrected chi connectivity index (χ4v) is 3.88. The average molecular weight is 501 g/mol. The van der Waals surface area contributed by atoms with Gasteiger partial charge in [-0.1, -0.05) is 58.0 Å². The van der Waals surface area contributed by atoms with Crippen LogP contribution in [0.5, 0.6) is 23.0 Å². The van der Waals surface area contributed by atoms with E-state index in [1.807, 2.05) is 43.3 Å². The summed E-state index contributed by atoms with van der Waals surface area (Å²) >= 11 is 0. The predicted molar refractivity (Wildman–Crippen MR) is 144 cm³/mol. The summed E-state index contributed by atoms with van der Waals surface area (Å²) in [4.78, 5) is 25.2. The van der Waals surface area contributed by atoms with E-state index >= 15 is 0 Å². The second-order valence-electron chi connectivity index (χ2n) is 9.85. The third kappa shape index (κ3) is 6.58. The molecule has 0 aliphatic heterocycles. The summed E-state index contributed by atoms with van der Waals surface area (Å²) in [5, 5.41) is 0.345. The van der Waals surface area contributed by atoms with Crippen molar-refractivity contribution in [1.29, 1.82) is 0 Å². The van der Waals surface area contributed by atoms with Crippen molar-refractivity contribution in [3.8, 4) is 23.0 Å². The van der Waals surface area contributed by atoms with Crippen molar-refractivity contribution < 1.29 is 23.4 Å². The van der Waals surface area contributed by atoms with E-state index in [4.69, 9.17) is 18.6 Å². The first kappa shape index (κ1) is 26.0. The van der Waals surface area contributed by atoms with E-state index in [0.717, 1.165) is 17.7 Å². The molecule has 0 amide bonds. The number of hydrogen-bond donors (Lipinski definition) is 0. The monoisotopic (exact) mass is 500 g/mol. The quantitative estimate of drug-likeness (QED) is 0.137. The van der Waals surface area contributed by atoms with E-state index in [9.17, 15) is 9.59 Å². The molecule has 0 saturated carbocycles. The number of benzene rings is 3. The smallest absolute Gasteiger partial charge is 0.311 e. The molecule has 37 heavy (non-hydrogen) atoms. The summed E-state index contributed by atoms with van der Waals surface area (Å²) in [5.41, 5.74) is 2.34. The van der Waals surface area contributed by atoms with Crippen LogP contribution < -0.4 is 19.6 Å². The fourth-order valence-electron chi connectivity index (χ4n) is 3.88. The van der Waals surface area contributed by atoms with Gasteiger partial charge in [0.25, 0.3) is 0 Å². The van der Waals surface area contributed by atoms with Gasteiger partial charge in [-0.05, 0) is 59.7 Å². The first-order valence-electron chi connectivity index (χ1n) is 12.5. The number of aryl methyl sites for hydroxylation is 1. The molecule has 0 unspecified atom stereocenters. The van der Waals surface area contributed by atoms with Gasteiger partial charge in [0.15, 0.2) is 0 Å². The lowest BCUT2D eigenvalue weighted by atomic mass is 9.87. The summed E-state index contributed by atoms with van der Waals surface area (Å²) in [6.07, 6.45) is 2.78. The van der Waals surface area contributed by atoms with Gasteiger partial charge in [0.1, 0.15) is 29.1 Å². The van der Waals surface area contributed by atoms with Gasteiger partial charge < -0.3 is 18.6 Å². The maximum Gasteiger partial charge on any atom is 0.311 e. The van der Waals surface area contributed by atoms with Crippen molar-refractivity contribution >= 4 is 16.9 Å². The zero-order valence-electron chi connectivity index (χ0n) is 21.7. The number of carbonyl (C=O) groups excluding carboxylic acids is 1. The van der Waals surface area contributed by atoms with Crippen LogP contribution >= 0.6 is 0 Å². The molecular weight excluding hydrogens is 468 g/mol. The van der Waals surface area contributed by atoms with Crippen LogP contribution in [-0.4, -0.2) is 12.6 Å². The van der Waals surface area contributed by atoms with Gasteiger partial charge in [-0.2, -0.15) is 0 Å². The van der Waals surface area contributed by atoms with Gasteiger partial charge in [-0.15, -0.1) is 0 Å². The lowest BCUT2D eigenvalue weighted by Gasteiger charge is -2.19. The maximum atomic E-state index is 12.9. The standard InChI is InChI=1S/C31H32O6/c1-5-21-9-6-7-10-26(21)37-28-20-35-27-19-24(16-17-25(27)30(28)33)36-29(32)11-8-18-34-23-14-12-22(13-15-23)31(2,3)4/h6-7,9-10,12-17,19-20H,5,8,11,18H2,1-4H3. The number of para-hydroxylation sites is 1. The molecule has 0 bridgehead atoms. The Bertz CT molecular complexity index is 1430. The van der Waals surface area contributed by atoms with E-state index in [0.29, 0.717) is 35.5 Å². The zero-order valence-corrected chi connectivity index (χ0v) is 21.7. The van der Waals surface area contributed by atoms with Gasteiger partial charge in [0, 0.05) is 12.5 Å². The van der Waals surface area contributed by atoms with Crippen LogP contribution in [0.25, 0.3) is 11.0 Å². The molecule has 0 fully saturated rings. The number of rotatable bonds is 9. The lowest BCUT2D eigenvalue weighted by molar-refractivity contribution is -0.134. The Kier molecular flexibility index (Phi) is 7.97. The Hall–Kier alpha value is -4.06. The number of esters is 1. The van der Waals surface area contributed by atoms with Crippen LogP contribution in [0.3, 0.4) is 0 Å². The number of fused-ring (bicyclic) bond motifs is 1. The Morgan fingerprint density at radius 1 is 0.919 bits per heavy atom. The number of hydrogen-bond acceptors (Lipinski definition) is 6. The minimum atomic E-state index is -0.385. The predicted octanol–water partition coefficient (Wildman–Crippen LogP) is 7.21. The lowest BCUT2D eigenvalue weighted by Crippen LogP contribution is -2.11. The molecule has 6 nitrogen and oxygen atoms in total. The van der Waals surface area contributed by atoms with Crippen LogP contribution in [0.2, 0.25) is 0 Å². The van der Waals surface area contributed by atoms with Gasteiger partial charge in [0.05, 0.1) is 12.0 Å². The third-order valence-corrected chi connectivity index (χ3v) is 6.03. The largest absolute Gasteiger partial charge is 0.494 e. The Morgan fingerprint density at radius 2 is 1.65 bits per heavy atom. The molecule has 1 heterocycles. The molecular formula is C31H32O6. The van der Waals surface area contributed by atoms with Crippen molar-refractivity contribution in [3.05, 3.63) is 94.3 Å². The number of carbonyl (C=O) groups is 1. The van der Waals surface area contributed by atoms with E-state index < -0.39 is 0 Å². The van der Waals surface area contributed by atoms with Crippen molar-refractivity contribution in [2.75, 3.05) is 6.61 Å². The first-order valence-corrected chi connectivity index (χ1v) is 12.5. The fraction of sp³-hybridized carbons (Fsp3) is 0.290. The number of ether oxygens (including phenoxy) is 3. The molecule has 0 saturated heterocycles.